The van der Waals surface area contributed by atoms with Gasteiger partial charge in [0.25, 0.3) is 0 Å². The number of anilines is 1. The van der Waals surface area contributed by atoms with Crippen LogP contribution < -0.4 is 11.1 Å². The normalized spacial score (nSPS) is 10.8. The standard InChI is InChI=1S/C16H13FN2O3S/c17-11-3-1-2-4-14(11)23-8-7-15(20)18-10-5-6-13-12(9-10)19-16(21)22-13/h1-6,9H,7-8H2,(H,18,20)(H,19,21). The van der Waals surface area contributed by atoms with E-state index in [1.165, 1.54) is 17.8 Å². The number of aromatic amines is 1. The molecule has 0 aliphatic heterocycles. The van der Waals surface area contributed by atoms with Gasteiger partial charge in [-0.05, 0) is 30.3 Å². The van der Waals surface area contributed by atoms with Gasteiger partial charge in [0.1, 0.15) is 5.82 Å². The van der Waals surface area contributed by atoms with Crippen molar-refractivity contribution < 1.29 is 13.6 Å². The van der Waals surface area contributed by atoms with Crippen molar-refractivity contribution in [2.75, 3.05) is 11.1 Å². The number of halogens is 1. The van der Waals surface area contributed by atoms with Crippen LogP contribution in [-0.2, 0) is 4.79 Å². The zero-order chi connectivity index (χ0) is 16.2. The van der Waals surface area contributed by atoms with Crippen LogP contribution >= 0.6 is 11.8 Å². The summed E-state index contributed by atoms with van der Waals surface area (Å²) in [5, 5.41) is 2.73. The van der Waals surface area contributed by atoms with Crippen molar-refractivity contribution in [3.8, 4) is 0 Å². The number of rotatable bonds is 5. The minimum Gasteiger partial charge on any atom is -0.408 e. The van der Waals surface area contributed by atoms with Crippen LogP contribution in [0.5, 0.6) is 0 Å². The molecule has 0 saturated carbocycles. The number of thioether (sulfide) groups is 1. The largest absolute Gasteiger partial charge is 0.417 e. The van der Waals surface area contributed by atoms with Crippen molar-refractivity contribution in [1.82, 2.24) is 4.98 Å². The summed E-state index contributed by atoms with van der Waals surface area (Å²) in [6.07, 6.45) is 0.249. The van der Waals surface area contributed by atoms with Crippen LogP contribution in [0.3, 0.4) is 0 Å². The number of amides is 1. The highest BCUT2D eigenvalue weighted by Gasteiger charge is 2.07. The van der Waals surface area contributed by atoms with Gasteiger partial charge in [-0.3, -0.25) is 9.78 Å². The Balaban J connectivity index is 1.56. The van der Waals surface area contributed by atoms with Crippen molar-refractivity contribution in [3.63, 3.8) is 0 Å². The first-order valence-corrected chi connectivity index (χ1v) is 7.90. The summed E-state index contributed by atoms with van der Waals surface area (Å²) in [7, 11) is 0. The first kappa shape index (κ1) is 15.4. The number of carbonyl (C=O) groups excluding carboxylic acids is 1. The van der Waals surface area contributed by atoms with Crippen LogP contribution in [0.25, 0.3) is 11.1 Å². The molecule has 0 aliphatic carbocycles. The average Bonchev–Trinajstić information content (AvgIpc) is 2.88. The van der Waals surface area contributed by atoms with Crippen LogP contribution in [-0.4, -0.2) is 16.6 Å². The molecule has 5 nitrogen and oxygen atoms in total. The molecule has 0 saturated heterocycles. The predicted molar refractivity (Wildman–Crippen MR) is 87.2 cm³/mol. The van der Waals surface area contributed by atoms with E-state index in [2.05, 4.69) is 10.3 Å². The van der Waals surface area contributed by atoms with E-state index in [-0.39, 0.29) is 18.1 Å². The molecule has 0 fully saturated rings. The monoisotopic (exact) mass is 332 g/mol. The Bertz CT molecular complexity index is 903. The third kappa shape index (κ3) is 3.81. The molecule has 118 valence electrons. The van der Waals surface area contributed by atoms with E-state index in [4.69, 9.17) is 4.42 Å². The van der Waals surface area contributed by atoms with Crippen LogP contribution in [0, 0.1) is 5.82 Å². The maximum atomic E-state index is 13.5. The maximum absolute atomic E-state index is 13.5. The van der Waals surface area contributed by atoms with Gasteiger partial charge in [0.15, 0.2) is 5.58 Å². The van der Waals surface area contributed by atoms with E-state index in [0.29, 0.717) is 27.4 Å². The Morgan fingerprint density at radius 1 is 1.26 bits per heavy atom. The fourth-order valence-electron chi connectivity index (χ4n) is 2.07. The third-order valence-electron chi connectivity index (χ3n) is 3.13. The number of hydrogen-bond acceptors (Lipinski definition) is 4. The van der Waals surface area contributed by atoms with Crippen LogP contribution in [0.4, 0.5) is 10.1 Å². The van der Waals surface area contributed by atoms with Gasteiger partial charge in [-0.2, -0.15) is 0 Å². The molecule has 2 aromatic carbocycles. The summed E-state index contributed by atoms with van der Waals surface area (Å²) >= 11 is 1.29. The zero-order valence-corrected chi connectivity index (χ0v) is 12.8. The van der Waals surface area contributed by atoms with E-state index in [9.17, 15) is 14.0 Å². The lowest BCUT2D eigenvalue weighted by atomic mass is 10.3. The lowest BCUT2D eigenvalue weighted by molar-refractivity contribution is -0.115. The summed E-state index contributed by atoms with van der Waals surface area (Å²) in [5.41, 5.74) is 1.52. The second-order valence-corrected chi connectivity index (χ2v) is 5.94. The summed E-state index contributed by atoms with van der Waals surface area (Å²) < 4.78 is 18.3. The molecule has 0 radical (unpaired) electrons. The molecule has 0 spiro atoms. The van der Waals surface area contributed by atoms with Gasteiger partial charge in [0, 0.05) is 22.8 Å². The van der Waals surface area contributed by atoms with Gasteiger partial charge in [0.05, 0.1) is 5.52 Å². The van der Waals surface area contributed by atoms with Gasteiger partial charge in [-0.1, -0.05) is 12.1 Å². The van der Waals surface area contributed by atoms with E-state index in [1.807, 2.05) is 0 Å². The van der Waals surface area contributed by atoms with Gasteiger partial charge >= 0.3 is 5.76 Å². The minimum atomic E-state index is -0.537. The Hall–Kier alpha value is -2.54. The van der Waals surface area contributed by atoms with E-state index >= 15 is 0 Å². The first-order chi connectivity index (χ1) is 11.1. The van der Waals surface area contributed by atoms with Gasteiger partial charge in [0.2, 0.25) is 5.91 Å². The second kappa shape index (κ2) is 6.70. The van der Waals surface area contributed by atoms with Crippen LogP contribution in [0.1, 0.15) is 6.42 Å². The smallest absolute Gasteiger partial charge is 0.408 e. The number of benzene rings is 2. The Morgan fingerprint density at radius 2 is 2.09 bits per heavy atom. The first-order valence-electron chi connectivity index (χ1n) is 6.92. The number of nitrogens with one attached hydrogen (secondary N) is 2. The Kier molecular flexibility index (Phi) is 4.47. The number of hydrogen-bond donors (Lipinski definition) is 2. The quantitative estimate of drug-likeness (QED) is 0.702. The molecular weight excluding hydrogens is 319 g/mol. The highest BCUT2D eigenvalue weighted by molar-refractivity contribution is 7.99. The molecule has 3 aromatic rings. The molecule has 0 bridgehead atoms. The van der Waals surface area contributed by atoms with E-state index in [1.54, 1.807) is 36.4 Å². The predicted octanol–water partition coefficient (Wildman–Crippen LogP) is 3.38. The molecule has 0 aliphatic rings. The highest BCUT2D eigenvalue weighted by Crippen LogP contribution is 2.22. The van der Waals surface area contributed by atoms with E-state index < -0.39 is 5.76 Å². The third-order valence-corrected chi connectivity index (χ3v) is 4.18. The Morgan fingerprint density at radius 3 is 2.91 bits per heavy atom. The molecule has 0 atom stereocenters. The molecule has 23 heavy (non-hydrogen) atoms. The maximum Gasteiger partial charge on any atom is 0.417 e. The lowest BCUT2D eigenvalue weighted by Crippen LogP contribution is -2.12. The molecule has 1 heterocycles. The van der Waals surface area contributed by atoms with Gasteiger partial charge < -0.3 is 9.73 Å². The van der Waals surface area contributed by atoms with Crippen molar-refractivity contribution in [2.24, 2.45) is 0 Å². The second-order valence-electron chi connectivity index (χ2n) is 4.80. The molecular formula is C16H13FN2O3S. The number of fused-ring (bicyclic) bond motifs is 1. The van der Waals surface area contributed by atoms with Crippen LogP contribution in [0.2, 0.25) is 0 Å². The van der Waals surface area contributed by atoms with Crippen molar-refractivity contribution >= 4 is 34.5 Å². The Labute approximate surface area is 134 Å². The topological polar surface area (TPSA) is 75.1 Å². The average molecular weight is 332 g/mol. The number of H-pyrrole nitrogens is 1. The molecule has 2 N–H and O–H groups in total. The molecule has 1 aromatic heterocycles. The molecule has 7 heteroatoms. The minimum absolute atomic E-state index is 0.181. The summed E-state index contributed by atoms with van der Waals surface area (Å²) in [6, 6.07) is 11.3. The molecule has 0 unspecified atom stereocenters. The van der Waals surface area contributed by atoms with E-state index in [0.717, 1.165) is 0 Å². The number of carbonyl (C=O) groups is 1. The zero-order valence-electron chi connectivity index (χ0n) is 12.0. The fourth-order valence-corrected chi connectivity index (χ4v) is 2.96. The number of oxazole rings is 1. The van der Waals surface area contributed by atoms with Crippen LogP contribution in [0.15, 0.2) is 56.6 Å². The van der Waals surface area contributed by atoms with Gasteiger partial charge in [-0.25, -0.2) is 9.18 Å². The molecule has 3 rings (SSSR count). The SMILES string of the molecule is O=C(CCSc1ccccc1F)Nc1ccc2oc(=O)[nH]c2c1. The summed E-state index contributed by atoms with van der Waals surface area (Å²) in [4.78, 5) is 26.0. The highest BCUT2D eigenvalue weighted by atomic mass is 32.2. The molecule has 1 amide bonds. The lowest BCUT2D eigenvalue weighted by Gasteiger charge is -2.05. The van der Waals surface area contributed by atoms with Crippen molar-refractivity contribution in [2.45, 2.75) is 11.3 Å². The summed E-state index contributed by atoms with van der Waals surface area (Å²) in [5.74, 6) is -0.534. The number of aromatic nitrogens is 1. The van der Waals surface area contributed by atoms with Crippen molar-refractivity contribution in [3.05, 3.63) is 58.8 Å². The summed E-state index contributed by atoms with van der Waals surface area (Å²) in [6.45, 7) is 0. The van der Waals surface area contributed by atoms with Gasteiger partial charge in [-0.15, -0.1) is 11.8 Å². The fraction of sp³-hybridized carbons (Fsp3) is 0.125. The van der Waals surface area contributed by atoms with Crippen molar-refractivity contribution in [1.29, 1.82) is 0 Å².